The van der Waals surface area contributed by atoms with Gasteiger partial charge < -0.3 is 10.1 Å². The van der Waals surface area contributed by atoms with Crippen molar-refractivity contribution in [1.82, 2.24) is 10.3 Å². The first-order chi connectivity index (χ1) is 9.63. The van der Waals surface area contributed by atoms with Crippen LogP contribution in [-0.4, -0.2) is 11.5 Å². The maximum atomic E-state index is 5.72. The SMILES string of the molecule is CC(C)CNCc1ccc(Oc2cccc(I)c2)nc1. The Morgan fingerprint density at radius 2 is 2.10 bits per heavy atom. The van der Waals surface area contributed by atoms with Gasteiger partial charge in [0.05, 0.1) is 0 Å². The van der Waals surface area contributed by atoms with E-state index in [0.717, 1.165) is 22.4 Å². The van der Waals surface area contributed by atoms with Gasteiger partial charge in [-0.25, -0.2) is 4.98 Å². The predicted octanol–water partition coefficient (Wildman–Crippen LogP) is 4.22. The van der Waals surface area contributed by atoms with Crippen LogP contribution in [0.3, 0.4) is 0 Å². The maximum absolute atomic E-state index is 5.72. The van der Waals surface area contributed by atoms with E-state index in [1.807, 2.05) is 42.6 Å². The second kappa shape index (κ2) is 7.59. The number of halogens is 1. The molecule has 0 saturated carbocycles. The lowest BCUT2D eigenvalue weighted by Crippen LogP contribution is -2.18. The fraction of sp³-hybridized carbons (Fsp3) is 0.312. The summed E-state index contributed by atoms with van der Waals surface area (Å²) in [5, 5.41) is 3.40. The van der Waals surface area contributed by atoms with Gasteiger partial charge in [0.15, 0.2) is 0 Å². The predicted molar refractivity (Wildman–Crippen MR) is 90.0 cm³/mol. The molecule has 0 unspecified atom stereocenters. The van der Waals surface area contributed by atoms with Crippen molar-refractivity contribution in [1.29, 1.82) is 0 Å². The van der Waals surface area contributed by atoms with E-state index >= 15 is 0 Å². The zero-order chi connectivity index (χ0) is 14.4. The Balaban J connectivity index is 1.91. The third-order valence-electron chi connectivity index (χ3n) is 2.70. The molecule has 1 N–H and O–H groups in total. The smallest absolute Gasteiger partial charge is 0.219 e. The summed E-state index contributed by atoms with van der Waals surface area (Å²) in [5.41, 5.74) is 1.17. The molecule has 2 rings (SSSR count). The molecule has 2 aromatic rings. The molecule has 1 aromatic carbocycles. The lowest BCUT2D eigenvalue weighted by atomic mass is 10.2. The highest BCUT2D eigenvalue weighted by molar-refractivity contribution is 14.1. The molecule has 1 aromatic heterocycles. The summed E-state index contributed by atoms with van der Waals surface area (Å²) < 4.78 is 6.87. The van der Waals surface area contributed by atoms with E-state index < -0.39 is 0 Å². The summed E-state index contributed by atoms with van der Waals surface area (Å²) >= 11 is 2.27. The second-order valence-corrected chi connectivity index (χ2v) is 6.33. The van der Waals surface area contributed by atoms with Gasteiger partial charge in [-0.15, -0.1) is 0 Å². The molecule has 0 saturated heterocycles. The summed E-state index contributed by atoms with van der Waals surface area (Å²) in [6.45, 7) is 6.25. The van der Waals surface area contributed by atoms with Crippen LogP contribution in [0.4, 0.5) is 0 Å². The van der Waals surface area contributed by atoms with E-state index in [9.17, 15) is 0 Å². The zero-order valence-electron chi connectivity index (χ0n) is 11.8. The molecule has 0 amide bonds. The molecular weight excluding hydrogens is 363 g/mol. The van der Waals surface area contributed by atoms with Crippen molar-refractivity contribution in [3.05, 3.63) is 51.7 Å². The molecule has 0 bridgehead atoms. The van der Waals surface area contributed by atoms with E-state index in [-0.39, 0.29) is 0 Å². The van der Waals surface area contributed by atoms with Crippen molar-refractivity contribution in [2.75, 3.05) is 6.54 Å². The quantitative estimate of drug-likeness (QED) is 0.760. The van der Waals surface area contributed by atoms with Crippen molar-refractivity contribution in [3.63, 3.8) is 0 Å². The highest BCUT2D eigenvalue weighted by Crippen LogP contribution is 2.21. The average molecular weight is 382 g/mol. The molecule has 20 heavy (non-hydrogen) atoms. The van der Waals surface area contributed by atoms with Crippen molar-refractivity contribution in [2.45, 2.75) is 20.4 Å². The average Bonchev–Trinajstić information content (AvgIpc) is 2.40. The molecule has 0 spiro atoms. The van der Waals surface area contributed by atoms with Crippen LogP contribution < -0.4 is 10.1 Å². The highest BCUT2D eigenvalue weighted by Gasteiger charge is 2.00. The van der Waals surface area contributed by atoms with Gasteiger partial charge in [0, 0.05) is 22.4 Å². The van der Waals surface area contributed by atoms with E-state index in [1.54, 1.807) is 0 Å². The van der Waals surface area contributed by atoms with Gasteiger partial charge in [-0.05, 0) is 58.8 Å². The standard InChI is InChI=1S/C16H19IN2O/c1-12(2)9-18-10-13-6-7-16(19-11-13)20-15-5-3-4-14(17)8-15/h3-8,11-12,18H,9-10H2,1-2H3. The number of hydrogen-bond acceptors (Lipinski definition) is 3. The largest absolute Gasteiger partial charge is 0.439 e. The van der Waals surface area contributed by atoms with Crippen LogP contribution in [0.15, 0.2) is 42.6 Å². The number of aromatic nitrogens is 1. The molecule has 1 heterocycles. The number of nitrogens with one attached hydrogen (secondary N) is 1. The van der Waals surface area contributed by atoms with Gasteiger partial charge in [0.1, 0.15) is 5.75 Å². The Morgan fingerprint density at radius 1 is 1.25 bits per heavy atom. The second-order valence-electron chi connectivity index (χ2n) is 5.09. The van der Waals surface area contributed by atoms with Gasteiger partial charge >= 0.3 is 0 Å². The van der Waals surface area contributed by atoms with Crippen LogP contribution in [0.2, 0.25) is 0 Å². The Morgan fingerprint density at radius 3 is 2.75 bits per heavy atom. The first-order valence-electron chi connectivity index (χ1n) is 6.72. The number of ether oxygens (including phenoxy) is 1. The van der Waals surface area contributed by atoms with Gasteiger partial charge in [-0.3, -0.25) is 0 Å². The van der Waals surface area contributed by atoms with E-state index in [0.29, 0.717) is 11.8 Å². The minimum Gasteiger partial charge on any atom is -0.439 e. The van der Waals surface area contributed by atoms with Crippen LogP contribution in [0.1, 0.15) is 19.4 Å². The Kier molecular flexibility index (Phi) is 5.79. The Bertz CT molecular complexity index is 540. The molecule has 0 fully saturated rings. The molecule has 0 radical (unpaired) electrons. The van der Waals surface area contributed by atoms with Crippen LogP contribution in [-0.2, 0) is 6.54 Å². The van der Waals surface area contributed by atoms with Gasteiger partial charge in [-0.2, -0.15) is 0 Å². The Hall–Kier alpha value is -1.14. The van der Waals surface area contributed by atoms with Crippen molar-refractivity contribution in [3.8, 4) is 11.6 Å². The van der Waals surface area contributed by atoms with Crippen molar-refractivity contribution in [2.24, 2.45) is 5.92 Å². The monoisotopic (exact) mass is 382 g/mol. The molecule has 3 nitrogen and oxygen atoms in total. The lowest BCUT2D eigenvalue weighted by molar-refractivity contribution is 0.461. The lowest BCUT2D eigenvalue weighted by Gasteiger charge is -2.08. The summed E-state index contributed by atoms with van der Waals surface area (Å²) in [6, 6.07) is 11.9. The summed E-state index contributed by atoms with van der Waals surface area (Å²) in [5.74, 6) is 2.10. The van der Waals surface area contributed by atoms with Crippen LogP contribution in [0.25, 0.3) is 0 Å². The fourth-order valence-electron chi connectivity index (χ4n) is 1.73. The van der Waals surface area contributed by atoms with Gasteiger partial charge in [-0.1, -0.05) is 26.0 Å². The minimum absolute atomic E-state index is 0.625. The fourth-order valence-corrected chi connectivity index (χ4v) is 2.25. The topological polar surface area (TPSA) is 34.1 Å². The highest BCUT2D eigenvalue weighted by atomic mass is 127. The third kappa shape index (κ3) is 5.09. The number of pyridine rings is 1. The first-order valence-corrected chi connectivity index (χ1v) is 7.80. The van der Waals surface area contributed by atoms with Gasteiger partial charge in [0.2, 0.25) is 5.88 Å². The molecule has 0 aliphatic heterocycles. The van der Waals surface area contributed by atoms with Crippen molar-refractivity contribution >= 4 is 22.6 Å². The Labute approximate surface area is 133 Å². The summed E-state index contributed by atoms with van der Waals surface area (Å²) in [6.07, 6.45) is 1.86. The van der Waals surface area contributed by atoms with Crippen LogP contribution >= 0.6 is 22.6 Å². The molecule has 106 valence electrons. The van der Waals surface area contributed by atoms with E-state index in [2.05, 4.69) is 46.7 Å². The third-order valence-corrected chi connectivity index (χ3v) is 3.37. The number of nitrogens with zero attached hydrogens (tertiary/aromatic N) is 1. The maximum Gasteiger partial charge on any atom is 0.219 e. The molecular formula is C16H19IN2O. The molecule has 4 heteroatoms. The molecule has 0 aliphatic carbocycles. The molecule has 0 aliphatic rings. The number of rotatable bonds is 6. The van der Waals surface area contributed by atoms with Crippen LogP contribution in [0, 0.1) is 9.49 Å². The van der Waals surface area contributed by atoms with E-state index in [1.165, 1.54) is 5.56 Å². The number of hydrogen-bond donors (Lipinski definition) is 1. The van der Waals surface area contributed by atoms with E-state index in [4.69, 9.17) is 4.74 Å². The minimum atomic E-state index is 0.625. The zero-order valence-corrected chi connectivity index (χ0v) is 13.9. The first kappa shape index (κ1) is 15.3. The molecule has 0 atom stereocenters. The van der Waals surface area contributed by atoms with Crippen LogP contribution in [0.5, 0.6) is 11.6 Å². The summed E-state index contributed by atoms with van der Waals surface area (Å²) in [4.78, 5) is 4.34. The summed E-state index contributed by atoms with van der Waals surface area (Å²) in [7, 11) is 0. The normalized spacial score (nSPS) is 10.8. The van der Waals surface area contributed by atoms with Crippen molar-refractivity contribution < 1.29 is 4.74 Å². The van der Waals surface area contributed by atoms with Gasteiger partial charge in [0.25, 0.3) is 0 Å². The number of benzene rings is 1.